The first-order chi connectivity index (χ1) is 10.3. The Balaban J connectivity index is 1.77. The summed E-state index contributed by atoms with van der Waals surface area (Å²) >= 11 is 1.65. The molecule has 3 atom stereocenters. The van der Waals surface area contributed by atoms with Gasteiger partial charge in [0.1, 0.15) is 6.10 Å². The third-order valence-corrected chi connectivity index (χ3v) is 4.82. The lowest BCUT2D eigenvalue weighted by Gasteiger charge is -2.26. The average Bonchev–Trinajstić information content (AvgIpc) is 3.13. The maximum absolute atomic E-state index is 5.62. The molecule has 1 saturated heterocycles. The van der Waals surface area contributed by atoms with Crippen LogP contribution >= 0.6 is 11.3 Å². The molecule has 1 aliphatic heterocycles. The minimum atomic E-state index is 0.0266. The Morgan fingerprint density at radius 2 is 2.19 bits per heavy atom. The van der Waals surface area contributed by atoms with Gasteiger partial charge in [0.2, 0.25) is 0 Å². The van der Waals surface area contributed by atoms with Gasteiger partial charge in [0.25, 0.3) is 0 Å². The summed E-state index contributed by atoms with van der Waals surface area (Å²) in [6.45, 7) is 2.23. The number of methoxy groups -OCH3 is 3. The van der Waals surface area contributed by atoms with E-state index in [9.17, 15) is 0 Å². The number of imidazole rings is 1. The van der Waals surface area contributed by atoms with Gasteiger partial charge < -0.3 is 14.2 Å². The van der Waals surface area contributed by atoms with Crippen molar-refractivity contribution < 1.29 is 14.2 Å². The predicted octanol–water partition coefficient (Wildman–Crippen LogP) is 1.26. The highest BCUT2D eigenvalue weighted by Crippen LogP contribution is 2.25. The van der Waals surface area contributed by atoms with Gasteiger partial charge in [-0.25, -0.2) is 4.98 Å². The smallest absolute Gasteiger partial charge is 0.193 e. The second kappa shape index (κ2) is 6.41. The van der Waals surface area contributed by atoms with E-state index in [0.29, 0.717) is 6.61 Å². The Kier molecular flexibility index (Phi) is 4.56. The molecule has 0 N–H and O–H groups in total. The number of ether oxygens (including phenoxy) is 3. The van der Waals surface area contributed by atoms with Crippen LogP contribution in [-0.4, -0.2) is 67.0 Å². The number of hydrogen-bond donors (Lipinski definition) is 0. The lowest BCUT2D eigenvalue weighted by Crippen LogP contribution is -2.40. The zero-order chi connectivity index (χ0) is 14.8. The number of likely N-dealkylation sites (tertiary alicyclic amines) is 1. The van der Waals surface area contributed by atoms with Gasteiger partial charge in [-0.3, -0.25) is 9.30 Å². The molecule has 2 aromatic rings. The third kappa shape index (κ3) is 2.84. The number of fused-ring (bicyclic) bond motifs is 1. The summed E-state index contributed by atoms with van der Waals surface area (Å²) in [6.07, 6.45) is 4.21. The molecule has 0 radical (unpaired) electrons. The molecule has 1 fully saturated rings. The Morgan fingerprint density at radius 3 is 2.86 bits per heavy atom. The second-order valence-electron chi connectivity index (χ2n) is 5.25. The zero-order valence-electron chi connectivity index (χ0n) is 12.6. The van der Waals surface area contributed by atoms with Gasteiger partial charge in [0.05, 0.1) is 24.4 Å². The quantitative estimate of drug-likeness (QED) is 0.804. The molecule has 0 aromatic carbocycles. The van der Waals surface area contributed by atoms with E-state index >= 15 is 0 Å². The molecule has 1 aliphatic rings. The van der Waals surface area contributed by atoms with Gasteiger partial charge in [-0.2, -0.15) is 0 Å². The van der Waals surface area contributed by atoms with Crippen LogP contribution in [0.1, 0.15) is 5.69 Å². The molecule has 0 amide bonds. The molecule has 6 nitrogen and oxygen atoms in total. The van der Waals surface area contributed by atoms with E-state index in [2.05, 4.69) is 20.5 Å². The van der Waals surface area contributed by atoms with E-state index in [-0.39, 0.29) is 18.2 Å². The zero-order valence-corrected chi connectivity index (χ0v) is 13.4. The summed E-state index contributed by atoms with van der Waals surface area (Å²) in [5, 5.41) is 2.04. The molecule has 7 heteroatoms. The van der Waals surface area contributed by atoms with Gasteiger partial charge in [0.15, 0.2) is 4.96 Å². The first kappa shape index (κ1) is 14.9. The highest BCUT2D eigenvalue weighted by atomic mass is 32.1. The Bertz CT molecular complexity index is 556. The third-order valence-electron chi connectivity index (χ3n) is 4.05. The molecule has 0 bridgehead atoms. The summed E-state index contributed by atoms with van der Waals surface area (Å²) in [5.74, 6) is 0. The van der Waals surface area contributed by atoms with Crippen molar-refractivity contribution >= 4 is 16.3 Å². The monoisotopic (exact) mass is 311 g/mol. The molecule has 21 heavy (non-hydrogen) atoms. The first-order valence-electron chi connectivity index (χ1n) is 6.96. The second-order valence-corrected chi connectivity index (χ2v) is 6.12. The van der Waals surface area contributed by atoms with Gasteiger partial charge in [-0.05, 0) is 0 Å². The van der Waals surface area contributed by atoms with Crippen LogP contribution in [0.2, 0.25) is 0 Å². The minimum absolute atomic E-state index is 0.0266. The van der Waals surface area contributed by atoms with Crippen molar-refractivity contribution in [2.45, 2.75) is 24.8 Å². The van der Waals surface area contributed by atoms with E-state index in [1.54, 1.807) is 32.7 Å². The van der Waals surface area contributed by atoms with Crippen molar-refractivity contribution in [3.8, 4) is 0 Å². The van der Waals surface area contributed by atoms with E-state index in [1.165, 1.54) is 0 Å². The highest BCUT2D eigenvalue weighted by Gasteiger charge is 2.42. The van der Waals surface area contributed by atoms with Crippen LogP contribution in [0.25, 0.3) is 4.96 Å². The lowest BCUT2D eigenvalue weighted by atomic mass is 10.1. The van der Waals surface area contributed by atoms with Crippen LogP contribution in [0.15, 0.2) is 17.8 Å². The molecule has 0 aliphatic carbocycles. The van der Waals surface area contributed by atoms with Crippen LogP contribution in [0.4, 0.5) is 0 Å². The molecule has 0 unspecified atom stereocenters. The fourth-order valence-corrected chi connectivity index (χ4v) is 3.78. The van der Waals surface area contributed by atoms with Crippen molar-refractivity contribution in [1.29, 1.82) is 0 Å². The van der Waals surface area contributed by atoms with Crippen molar-refractivity contribution in [2.75, 3.05) is 34.5 Å². The normalized spacial score (nSPS) is 26.9. The van der Waals surface area contributed by atoms with Crippen molar-refractivity contribution in [2.24, 2.45) is 0 Å². The van der Waals surface area contributed by atoms with Gasteiger partial charge in [-0.1, -0.05) is 0 Å². The van der Waals surface area contributed by atoms with E-state index in [0.717, 1.165) is 23.7 Å². The first-order valence-corrected chi connectivity index (χ1v) is 7.84. The number of nitrogens with zero attached hydrogens (tertiary/aromatic N) is 3. The fraction of sp³-hybridized carbons (Fsp3) is 0.643. The average molecular weight is 311 g/mol. The highest BCUT2D eigenvalue weighted by molar-refractivity contribution is 7.15. The Labute approximate surface area is 128 Å². The lowest BCUT2D eigenvalue weighted by molar-refractivity contribution is -0.0325. The summed E-state index contributed by atoms with van der Waals surface area (Å²) < 4.78 is 18.6. The summed E-state index contributed by atoms with van der Waals surface area (Å²) in [7, 11) is 5.18. The van der Waals surface area contributed by atoms with Crippen molar-refractivity contribution in [1.82, 2.24) is 14.3 Å². The molecule has 2 aromatic heterocycles. The van der Waals surface area contributed by atoms with Crippen LogP contribution in [0, 0.1) is 0 Å². The number of aromatic nitrogens is 2. The van der Waals surface area contributed by atoms with Crippen LogP contribution in [-0.2, 0) is 20.8 Å². The minimum Gasteiger partial charge on any atom is -0.383 e. The molecule has 3 heterocycles. The molecular formula is C14H21N3O3S. The number of thiazole rings is 1. The summed E-state index contributed by atoms with van der Waals surface area (Å²) in [4.78, 5) is 8.01. The molecular weight excluding hydrogens is 290 g/mol. The Morgan fingerprint density at radius 1 is 1.33 bits per heavy atom. The van der Waals surface area contributed by atoms with Gasteiger partial charge >= 0.3 is 0 Å². The van der Waals surface area contributed by atoms with E-state index < -0.39 is 0 Å². The Hall–Kier alpha value is -0.990. The van der Waals surface area contributed by atoms with Crippen LogP contribution in [0.5, 0.6) is 0 Å². The van der Waals surface area contributed by atoms with E-state index in [4.69, 9.17) is 14.2 Å². The SMILES string of the molecule is COC[C@@H]1[C@@H](OC)[C@@H](OC)CN1Cc1cn2ccsc2n1. The predicted molar refractivity (Wildman–Crippen MR) is 80.7 cm³/mol. The van der Waals surface area contributed by atoms with Gasteiger partial charge in [-0.15, -0.1) is 11.3 Å². The molecule has 0 saturated carbocycles. The molecule has 3 rings (SSSR count). The van der Waals surface area contributed by atoms with Crippen LogP contribution < -0.4 is 0 Å². The van der Waals surface area contributed by atoms with E-state index in [1.807, 2.05) is 11.6 Å². The maximum Gasteiger partial charge on any atom is 0.193 e. The molecule has 116 valence electrons. The maximum atomic E-state index is 5.62. The largest absolute Gasteiger partial charge is 0.383 e. The van der Waals surface area contributed by atoms with Crippen molar-refractivity contribution in [3.05, 3.63) is 23.5 Å². The topological polar surface area (TPSA) is 48.2 Å². The van der Waals surface area contributed by atoms with Crippen LogP contribution in [0.3, 0.4) is 0 Å². The number of hydrogen-bond acceptors (Lipinski definition) is 6. The van der Waals surface area contributed by atoms with Crippen molar-refractivity contribution in [3.63, 3.8) is 0 Å². The molecule has 0 spiro atoms. The van der Waals surface area contributed by atoms with Gasteiger partial charge in [0, 0.05) is 52.2 Å². The summed E-state index contributed by atoms with van der Waals surface area (Å²) in [5.41, 5.74) is 1.06. The fourth-order valence-electron chi connectivity index (χ4n) is 3.06. The summed E-state index contributed by atoms with van der Waals surface area (Å²) in [6, 6.07) is 0.185. The standard InChI is InChI=1S/C14H21N3O3S/c1-18-9-11-13(20-3)12(19-2)8-17(11)7-10-6-16-4-5-21-14(16)15-10/h4-6,11-13H,7-9H2,1-3H3/t11-,12+,13-/m1/s1. The number of rotatable bonds is 6.